The molecule has 6 N–H and O–H groups in total. The summed E-state index contributed by atoms with van der Waals surface area (Å²) in [5.74, 6) is 2.88. The summed E-state index contributed by atoms with van der Waals surface area (Å²) in [7, 11) is 0. The van der Waals surface area contributed by atoms with Gasteiger partial charge in [0.2, 0.25) is 11.8 Å². The lowest BCUT2D eigenvalue weighted by molar-refractivity contribution is -0.147. The summed E-state index contributed by atoms with van der Waals surface area (Å²) in [4.78, 5) is 49.1. The Morgan fingerprint density at radius 1 is 1.06 bits per heavy atom. The fourth-order valence-corrected chi connectivity index (χ4v) is 3.71. The van der Waals surface area contributed by atoms with Crippen molar-refractivity contribution in [1.29, 1.82) is 0 Å². The van der Waals surface area contributed by atoms with Crippen LogP contribution in [0.5, 0.6) is 0 Å². The number of hydrazone groups is 1. The third-order valence-corrected chi connectivity index (χ3v) is 4.94. The van der Waals surface area contributed by atoms with E-state index in [0.717, 1.165) is 0 Å². The molecule has 1 unspecified atom stereocenters. The molecule has 0 radical (unpaired) electrons. The molecule has 2 aromatic carbocycles. The second-order valence-corrected chi connectivity index (χ2v) is 8.31. The number of amides is 3. The van der Waals surface area contributed by atoms with Gasteiger partial charge < -0.3 is 31.8 Å². The number of esters is 1. The minimum absolute atomic E-state index is 0.0787. The maximum absolute atomic E-state index is 12.7. The summed E-state index contributed by atoms with van der Waals surface area (Å²) in [6.45, 7) is 2.66. The number of carbonyl (C=O) groups excluding carboxylic acids is 4. The van der Waals surface area contributed by atoms with E-state index in [1.165, 1.54) is 25.4 Å². The van der Waals surface area contributed by atoms with Gasteiger partial charge in [-0.2, -0.15) is 5.10 Å². The van der Waals surface area contributed by atoms with Gasteiger partial charge in [-0.3, -0.25) is 14.4 Å². The van der Waals surface area contributed by atoms with Crippen molar-refractivity contribution < 1.29 is 23.9 Å². The first-order chi connectivity index (χ1) is 17.1. The van der Waals surface area contributed by atoms with Gasteiger partial charge in [-0.1, -0.05) is 23.2 Å². The van der Waals surface area contributed by atoms with Crippen LogP contribution in [0.15, 0.2) is 41.5 Å². The fraction of sp³-hybridized carbons (Fsp3) is 0.261. The number of benzene rings is 2. The van der Waals surface area contributed by atoms with Crippen molar-refractivity contribution >= 4 is 64.6 Å². The Bertz CT molecular complexity index is 1140. The van der Waals surface area contributed by atoms with Crippen molar-refractivity contribution in [3.8, 4) is 0 Å². The number of hydrogen-bond acceptors (Lipinski definition) is 7. The highest BCUT2D eigenvalue weighted by Crippen LogP contribution is 2.21. The molecule has 0 aliphatic heterocycles. The van der Waals surface area contributed by atoms with Crippen molar-refractivity contribution in [3.63, 3.8) is 0 Å². The molecule has 0 fully saturated rings. The molecule has 11 nitrogen and oxygen atoms in total. The molecule has 192 valence electrons. The molecule has 0 heterocycles. The Labute approximate surface area is 217 Å². The topological polar surface area (TPSA) is 164 Å². The maximum atomic E-state index is 12.7. The van der Waals surface area contributed by atoms with E-state index in [-0.39, 0.29) is 24.5 Å². The minimum Gasteiger partial charge on any atom is -0.464 e. The summed E-state index contributed by atoms with van der Waals surface area (Å²) in [5.41, 5.74) is 1.53. The van der Waals surface area contributed by atoms with Crippen LogP contribution in [0.4, 0.5) is 11.4 Å². The standard InChI is InChI=1S/C23H26Cl2N6O5/c1-3-36-23(35)20(6-14-4-16(24)9-17(25)5-14)31-21(33)11-27-22(34)15-7-18(28-12-29-26)10-19(8-15)30-13(2)32/h4-5,7-10,12,20H,3,6,11,26H2,1-2H3,(H,27,34)(H,28,29)(H,30,32)(H,31,33). The van der Waals surface area contributed by atoms with Crippen molar-refractivity contribution in [1.82, 2.24) is 10.6 Å². The first kappa shape index (κ1) is 28.4. The molecule has 0 aromatic heterocycles. The first-order valence-corrected chi connectivity index (χ1v) is 11.5. The number of carbonyl (C=O) groups is 4. The average Bonchev–Trinajstić information content (AvgIpc) is 2.79. The van der Waals surface area contributed by atoms with Crippen LogP contribution in [0.3, 0.4) is 0 Å². The lowest BCUT2D eigenvalue weighted by atomic mass is 10.1. The van der Waals surface area contributed by atoms with E-state index in [9.17, 15) is 19.2 Å². The predicted octanol–water partition coefficient (Wildman–Crippen LogP) is 2.29. The molecule has 2 aromatic rings. The van der Waals surface area contributed by atoms with E-state index >= 15 is 0 Å². The van der Waals surface area contributed by atoms with E-state index in [1.807, 2.05) is 0 Å². The summed E-state index contributed by atoms with van der Waals surface area (Å²) in [5, 5.41) is 14.4. The van der Waals surface area contributed by atoms with E-state index in [1.54, 1.807) is 31.2 Å². The fourth-order valence-electron chi connectivity index (χ4n) is 3.14. The Kier molecular flexibility index (Phi) is 11.0. The molecule has 0 bridgehead atoms. The zero-order valence-corrected chi connectivity index (χ0v) is 21.1. The van der Waals surface area contributed by atoms with Gasteiger partial charge in [-0.25, -0.2) is 4.79 Å². The van der Waals surface area contributed by atoms with Gasteiger partial charge in [0.15, 0.2) is 0 Å². The predicted molar refractivity (Wildman–Crippen MR) is 138 cm³/mol. The van der Waals surface area contributed by atoms with Gasteiger partial charge in [0, 0.05) is 40.3 Å². The molecule has 0 saturated heterocycles. The van der Waals surface area contributed by atoms with E-state index < -0.39 is 30.4 Å². The summed E-state index contributed by atoms with van der Waals surface area (Å²) < 4.78 is 5.05. The Morgan fingerprint density at radius 2 is 1.72 bits per heavy atom. The summed E-state index contributed by atoms with van der Waals surface area (Å²) in [6, 6.07) is 8.24. The van der Waals surface area contributed by atoms with E-state index in [2.05, 4.69) is 26.4 Å². The van der Waals surface area contributed by atoms with Crippen LogP contribution in [0, 0.1) is 0 Å². The number of nitrogens with zero attached hydrogens (tertiary/aromatic N) is 1. The number of nitrogens with two attached hydrogens (primary N) is 1. The van der Waals surface area contributed by atoms with Crippen LogP contribution in [0.2, 0.25) is 10.0 Å². The Hall–Kier alpha value is -3.83. The number of anilines is 2. The van der Waals surface area contributed by atoms with Crippen molar-refractivity contribution in [2.75, 3.05) is 23.8 Å². The van der Waals surface area contributed by atoms with Gasteiger partial charge in [-0.15, -0.1) is 0 Å². The molecule has 0 aliphatic carbocycles. The lowest BCUT2D eigenvalue weighted by Gasteiger charge is -2.18. The quantitative estimate of drug-likeness (QED) is 0.0965. The van der Waals surface area contributed by atoms with Gasteiger partial charge in [-0.05, 0) is 48.9 Å². The number of nitrogens with one attached hydrogen (secondary N) is 4. The molecular weight excluding hydrogens is 511 g/mol. The summed E-state index contributed by atoms with van der Waals surface area (Å²) in [6.07, 6.45) is 1.28. The largest absolute Gasteiger partial charge is 0.464 e. The van der Waals surface area contributed by atoms with Crippen LogP contribution < -0.4 is 27.1 Å². The van der Waals surface area contributed by atoms with Crippen LogP contribution in [-0.4, -0.2) is 49.2 Å². The monoisotopic (exact) mass is 536 g/mol. The molecule has 0 aliphatic rings. The molecule has 2 rings (SSSR count). The highest BCUT2D eigenvalue weighted by Gasteiger charge is 2.23. The van der Waals surface area contributed by atoms with Crippen molar-refractivity contribution in [3.05, 3.63) is 57.6 Å². The minimum atomic E-state index is -1.03. The smallest absolute Gasteiger partial charge is 0.328 e. The van der Waals surface area contributed by atoms with Crippen LogP contribution in [-0.2, 0) is 25.5 Å². The van der Waals surface area contributed by atoms with E-state index in [4.69, 9.17) is 33.8 Å². The van der Waals surface area contributed by atoms with Crippen LogP contribution in [0.25, 0.3) is 0 Å². The van der Waals surface area contributed by atoms with Crippen molar-refractivity contribution in [2.45, 2.75) is 26.3 Å². The zero-order valence-electron chi connectivity index (χ0n) is 19.6. The average molecular weight is 537 g/mol. The third kappa shape index (κ3) is 9.43. The highest BCUT2D eigenvalue weighted by molar-refractivity contribution is 6.34. The third-order valence-electron chi connectivity index (χ3n) is 4.50. The normalized spacial score (nSPS) is 11.4. The lowest BCUT2D eigenvalue weighted by Crippen LogP contribution is -2.47. The van der Waals surface area contributed by atoms with E-state index in [0.29, 0.717) is 27.0 Å². The second kappa shape index (κ2) is 13.9. The van der Waals surface area contributed by atoms with Crippen molar-refractivity contribution in [2.24, 2.45) is 10.9 Å². The molecule has 3 amide bonds. The SMILES string of the molecule is CCOC(=O)C(Cc1cc(Cl)cc(Cl)c1)NC(=O)CNC(=O)c1cc(NC=NN)cc(NC(C)=O)c1. The number of halogens is 2. The number of hydrogen-bond donors (Lipinski definition) is 5. The molecule has 36 heavy (non-hydrogen) atoms. The van der Waals surface area contributed by atoms with Gasteiger partial charge >= 0.3 is 5.97 Å². The molecular formula is C23H26Cl2N6O5. The Morgan fingerprint density at radius 3 is 2.33 bits per heavy atom. The van der Waals surface area contributed by atoms with Gasteiger partial charge in [0.1, 0.15) is 12.4 Å². The molecule has 0 spiro atoms. The Balaban J connectivity index is 2.10. The first-order valence-electron chi connectivity index (χ1n) is 10.7. The number of rotatable bonds is 11. The van der Waals surface area contributed by atoms with Crippen LogP contribution >= 0.6 is 23.2 Å². The van der Waals surface area contributed by atoms with Crippen LogP contribution in [0.1, 0.15) is 29.8 Å². The second-order valence-electron chi connectivity index (χ2n) is 7.44. The zero-order chi connectivity index (χ0) is 26.7. The number of ether oxygens (including phenoxy) is 1. The summed E-state index contributed by atoms with van der Waals surface area (Å²) >= 11 is 12.0. The maximum Gasteiger partial charge on any atom is 0.328 e. The molecule has 1 atom stereocenters. The molecule has 13 heteroatoms. The molecule has 0 saturated carbocycles. The van der Waals surface area contributed by atoms with Gasteiger partial charge in [0.25, 0.3) is 5.91 Å². The highest BCUT2D eigenvalue weighted by atomic mass is 35.5. The van der Waals surface area contributed by atoms with Gasteiger partial charge in [0.05, 0.1) is 13.2 Å².